The Kier molecular flexibility index (Phi) is 3.35. The van der Waals surface area contributed by atoms with Crippen LogP contribution >= 0.6 is 0 Å². The highest BCUT2D eigenvalue weighted by Gasteiger charge is 2.53. The van der Waals surface area contributed by atoms with Crippen molar-refractivity contribution < 1.29 is 14.7 Å². The standard InChI is InChI=1S/C16H23NO3/c1-10(17-14(18)2-3-15(19)20)16-7-11-4-12(8-16)6-13(5-11)9-16/h2-3,10-13H,4-9H2,1H3,(H,17,18)(H,19,20)/b3-2+/t10-,11?,12?,13?,16?/m1/s1. The summed E-state index contributed by atoms with van der Waals surface area (Å²) in [4.78, 5) is 22.2. The molecule has 0 unspecified atom stereocenters. The van der Waals surface area contributed by atoms with Crippen LogP contribution in [0.3, 0.4) is 0 Å². The Morgan fingerprint density at radius 2 is 1.60 bits per heavy atom. The Bertz CT molecular complexity index is 419. The number of nitrogens with one attached hydrogen (secondary N) is 1. The van der Waals surface area contributed by atoms with Crippen LogP contribution in [0.25, 0.3) is 0 Å². The molecule has 4 nitrogen and oxygen atoms in total. The molecular formula is C16H23NO3. The van der Waals surface area contributed by atoms with Crippen molar-refractivity contribution in [2.45, 2.75) is 51.5 Å². The van der Waals surface area contributed by atoms with Gasteiger partial charge in [0.25, 0.3) is 0 Å². The summed E-state index contributed by atoms with van der Waals surface area (Å²) < 4.78 is 0. The van der Waals surface area contributed by atoms with E-state index in [1.807, 2.05) is 0 Å². The van der Waals surface area contributed by atoms with Crippen LogP contribution in [0.2, 0.25) is 0 Å². The van der Waals surface area contributed by atoms with Gasteiger partial charge in [-0.2, -0.15) is 0 Å². The van der Waals surface area contributed by atoms with E-state index in [1.165, 1.54) is 38.5 Å². The van der Waals surface area contributed by atoms with Crippen LogP contribution in [-0.2, 0) is 9.59 Å². The molecule has 4 bridgehead atoms. The van der Waals surface area contributed by atoms with Crippen molar-refractivity contribution in [1.82, 2.24) is 5.32 Å². The lowest BCUT2D eigenvalue weighted by molar-refractivity contribution is -0.131. The molecule has 0 radical (unpaired) electrons. The van der Waals surface area contributed by atoms with Gasteiger partial charge in [0.1, 0.15) is 0 Å². The van der Waals surface area contributed by atoms with Crippen molar-refractivity contribution in [2.24, 2.45) is 23.2 Å². The number of aliphatic carboxylic acids is 1. The molecule has 1 atom stereocenters. The van der Waals surface area contributed by atoms with Crippen molar-refractivity contribution in [3.8, 4) is 0 Å². The van der Waals surface area contributed by atoms with E-state index in [4.69, 9.17) is 5.11 Å². The minimum Gasteiger partial charge on any atom is -0.478 e. The number of rotatable bonds is 4. The van der Waals surface area contributed by atoms with Crippen molar-refractivity contribution in [3.05, 3.63) is 12.2 Å². The van der Waals surface area contributed by atoms with Gasteiger partial charge in [-0.3, -0.25) is 4.79 Å². The van der Waals surface area contributed by atoms with Gasteiger partial charge in [-0.15, -0.1) is 0 Å². The first-order chi connectivity index (χ1) is 9.47. The van der Waals surface area contributed by atoms with Gasteiger partial charge in [0.2, 0.25) is 5.91 Å². The highest BCUT2D eigenvalue weighted by Crippen LogP contribution is 2.61. The first-order valence-electron chi connectivity index (χ1n) is 7.68. The predicted octanol–water partition coefficient (Wildman–Crippen LogP) is 2.35. The maximum atomic E-state index is 11.8. The van der Waals surface area contributed by atoms with Gasteiger partial charge in [-0.1, -0.05) is 0 Å². The number of hydrogen-bond donors (Lipinski definition) is 2. The Morgan fingerprint density at radius 1 is 1.10 bits per heavy atom. The van der Waals surface area contributed by atoms with Gasteiger partial charge in [-0.05, 0) is 68.6 Å². The summed E-state index contributed by atoms with van der Waals surface area (Å²) in [7, 11) is 0. The number of carboxylic acid groups (broad SMARTS) is 1. The fourth-order valence-electron chi connectivity index (χ4n) is 5.27. The molecule has 4 fully saturated rings. The van der Waals surface area contributed by atoms with E-state index in [0.29, 0.717) is 0 Å². The Hall–Kier alpha value is -1.32. The first kappa shape index (κ1) is 13.7. The van der Waals surface area contributed by atoms with Crippen LogP contribution in [0.1, 0.15) is 45.4 Å². The van der Waals surface area contributed by atoms with E-state index in [-0.39, 0.29) is 17.4 Å². The molecule has 0 heterocycles. The molecule has 4 saturated carbocycles. The van der Waals surface area contributed by atoms with Crippen molar-refractivity contribution >= 4 is 11.9 Å². The average molecular weight is 277 g/mol. The highest BCUT2D eigenvalue weighted by atomic mass is 16.4. The maximum absolute atomic E-state index is 11.8. The lowest BCUT2D eigenvalue weighted by atomic mass is 9.48. The predicted molar refractivity (Wildman–Crippen MR) is 75.0 cm³/mol. The molecule has 4 aliphatic carbocycles. The number of carboxylic acids is 1. The molecule has 2 N–H and O–H groups in total. The molecule has 0 spiro atoms. The van der Waals surface area contributed by atoms with Crippen LogP contribution in [0.4, 0.5) is 0 Å². The summed E-state index contributed by atoms with van der Waals surface area (Å²) in [6, 6.07) is 0.141. The zero-order valence-corrected chi connectivity index (χ0v) is 12.0. The van der Waals surface area contributed by atoms with Gasteiger partial charge in [0.15, 0.2) is 0 Å². The maximum Gasteiger partial charge on any atom is 0.328 e. The Morgan fingerprint density at radius 3 is 2.05 bits per heavy atom. The molecule has 0 aromatic rings. The fourth-order valence-corrected chi connectivity index (χ4v) is 5.27. The lowest BCUT2D eigenvalue weighted by Crippen LogP contribution is -2.55. The van der Waals surface area contributed by atoms with Crippen LogP contribution in [0.5, 0.6) is 0 Å². The summed E-state index contributed by atoms with van der Waals surface area (Å²) in [5.74, 6) is 1.21. The summed E-state index contributed by atoms with van der Waals surface area (Å²) >= 11 is 0. The van der Waals surface area contributed by atoms with Crippen LogP contribution < -0.4 is 5.32 Å². The minimum atomic E-state index is -1.08. The van der Waals surface area contributed by atoms with E-state index in [1.54, 1.807) is 0 Å². The third kappa shape index (κ3) is 2.48. The first-order valence-corrected chi connectivity index (χ1v) is 7.68. The minimum absolute atomic E-state index is 0.141. The third-order valence-electron chi connectivity index (χ3n) is 5.74. The fraction of sp³-hybridized carbons (Fsp3) is 0.750. The molecular weight excluding hydrogens is 254 g/mol. The molecule has 4 aliphatic rings. The lowest BCUT2D eigenvalue weighted by Gasteiger charge is -2.59. The Balaban J connectivity index is 1.66. The largest absolute Gasteiger partial charge is 0.478 e. The molecule has 0 aromatic heterocycles. The second kappa shape index (κ2) is 4.90. The van der Waals surface area contributed by atoms with Crippen LogP contribution in [0, 0.1) is 23.2 Å². The third-order valence-corrected chi connectivity index (χ3v) is 5.74. The van der Waals surface area contributed by atoms with Crippen molar-refractivity contribution in [1.29, 1.82) is 0 Å². The quantitative estimate of drug-likeness (QED) is 0.775. The number of carbonyl (C=O) groups excluding carboxylic acids is 1. The molecule has 4 rings (SSSR count). The van der Waals surface area contributed by atoms with Gasteiger partial charge < -0.3 is 10.4 Å². The summed E-state index contributed by atoms with van der Waals surface area (Å²) in [6.45, 7) is 2.10. The molecule has 1 amide bonds. The second-order valence-electron chi connectivity index (χ2n) is 7.18. The zero-order valence-electron chi connectivity index (χ0n) is 12.0. The monoisotopic (exact) mass is 277 g/mol. The molecule has 4 heteroatoms. The summed E-state index contributed by atoms with van der Waals surface area (Å²) in [5.41, 5.74) is 0.265. The van der Waals surface area contributed by atoms with E-state index < -0.39 is 5.97 Å². The summed E-state index contributed by atoms with van der Waals surface area (Å²) in [5, 5.41) is 11.6. The van der Waals surface area contributed by atoms with E-state index in [2.05, 4.69) is 12.2 Å². The number of amides is 1. The smallest absolute Gasteiger partial charge is 0.328 e. The highest BCUT2D eigenvalue weighted by molar-refractivity contribution is 5.94. The molecule has 0 aromatic carbocycles. The average Bonchev–Trinajstić information content (AvgIpc) is 2.34. The molecule has 110 valence electrons. The van der Waals surface area contributed by atoms with Crippen LogP contribution in [-0.4, -0.2) is 23.0 Å². The summed E-state index contributed by atoms with van der Waals surface area (Å²) in [6.07, 6.45) is 9.91. The second-order valence-corrected chi connectivity index (χ2v) is 7.18. The normalized spacial score (nSPS) is 40.0. The topological polar surface area (TPSA) is 66.4 Å². The van der Waals surface area contributed by atoms with Gasteiger partial charge in [-0.25, -0.2) is 4.79 Å². The van der Waals surface area contributed by atoms with Gasteiger partial charge in [0.05, 0.1) is 0 Å². The van der Waals surface area contributed by atoms with E-state index >= 15 is 0 Å². The zero-order chi connectivity index (χ0) is 14.3. The van der Waals surface area contributed by atoms with Gasteiger partial charge in [0, 0.05) is 18.2 Å². The van der Waals surface area contributed by atoms with Crippen LogP contribution in [0.15, 0.2) is 12.2 Å². The molecule has 20 heavy (non-hydrogen) atoms. The SMILES string of the molecule is C[C@@H](NC(=O)/C=C/C(=O)O)C12CC3CC(CC(C3)C1)C2. The molecule has 0 aliphatic heterocycles. The number of hydrogen-bond acceptors (Lipinski definition) is 2. The van der Waals surface area contributed by atoms with E-state index in [9.17, 15) is 9.59 Å². The van der Waals surface area contributed by atoms with E-state index in [0.717, 1.165) is 29.9 Å². The Labute approximate surface area is 119 Å². The van der Waals surface area contributed by atoms with Gasteiger partial charge >= 0.3 is 5.97 Å². The van der Waals surface area contributed by atoms with Crippen molar-refractivity contribution in [2.75, 3.05) is 0 Å². The van der Waals surface area contributed by atoms with Crippen molar-refractivity contribution in [3.63, 3.8) is 0 Å². The number of carbonyl (C=O) groups is 2. The molecule has 0 saturated heterocycles.